The fourth-order valence-electron chi connectivity index (χ4n) is 5.45. The molecule has 0 radical (unpaired) electrons. The number of nitrogens with zero attached hydrogens (tertiary/aromatic N) is 4. The third-order valence-electron chi connectivity index (χ3n) is 7.38. The number of carbonyl (C=O) groups is 1. The number of anilines is 2. The van der Waals surface area contributed by atoms with Crippen LogP contribution in [0.1, 0.15) is 25.8 Å². The zero-order valence-electron chi connectivity index (χ0n) is 22.5. The van der Waals surface area contributed by atoms with E-state index in [-0.39, 0.29) is 11.9 Å². The first-order valence-electron chi connectivity index (χ1n) is 13.3. The molecule has 3 aromatic carbocycles. The average molecular weight is 577 g/mol. The minimum Gasteiger partial charge on any atom is -0.399 e. The Morgan fingerprint density at radius 1 is 1.10 bits per heavy atom. The molecule has 9 heteroatoms. The van der Waals surface area contributed by atoms with Crippen molar-refractivity contribution in [2.75, 3.05) is 30.3 Å². The summed E-state index contributed by atoms with van der Waals surface area (Å²) in [5, 5.41) is 1.69. The number of hydrogen-bond acceptors (Lipinski definition) is 5. The van der Waals surface area contributed by atoms with Crippen LogP contribution in [0.5, 0.6) is 0 Å². The van der Waals surface area contributed by atoms with E-state index in [0.29, 0.717) is 57.8 Å². The van der Waals surface area contributed by atoms with Gasteiger partial charge in [-0.1, -0.05) is 61.3 Å². The van der Waals surface area contributed by atoms with Crippen LogP contribution in [-0.2, 0) is 11.2 Å². The molecule has 1 fully saturated rings. The average Bonchev–Trinajstić information content (AvgIpc) is 2.94. The second-order valence-electron chi connectivity index (χ2n) is 10.1. The van der Waals surface area contributed by atoms with Gasteiger partial charge in [0.25, 0.3) is 0 Å². The van der Waals surface area contributed by atoms with Crippen LogP contribution in [0.2, 0.25) is 10.0 Å². The van der Waals surface area contributed by atoms with Crippen molar-refractivity contribution in [3.05, 3.63) is 93.3 Å². The third kappa shape index (κ3) is 5.07. The number of piperazine rings is 1. The maximum atomic E-state index is 13.9. The van der Waals surface area contributed by atoms with Crippen molar-refractivity contribution in [1.29, 1.82) is 0 Å². The maximum absolute atomic E-state index is 13.9. The van der Waals surface area contributed by atoms with Gasteiger partial charge in [-0.2, -0.15) is 4.98 Å². The number of amides is 1. The van der Waals surface area contributed by atoms with Crippen LogP contribution in [0.25, 0.3) is 27.7 Å². The molecule has 0 saturated carbocycles. The number of nitrogens with two attached hydrogens (primary N) is 1. The van der Waals surface area contributed by atoms with Gasteiger partial charge in [-0.05, 0) is 61.4 Å². The van der Waals surface area contributed by atoms with E-state index in [1.807, 2.05) is 43.3 Å². The van der Waals surface area contributed by atoms with Crippen molar-refractivity contribution >= 4 is 51.5 Å². The minimum atomic E-state index is -0.394. The Hall–Kier alpha value is -3.81. The van der Waals surface area contributed by atoms with Gasteiger partial charge in [0.1, 0.15) is 5.82 Å². The minimum absolute atomic E-state index is 0.0854. The topological polar surface area (TPSA) is 84.5 Å². The first-order valence-corrected chi connectivity index (χ1v) is 14.1. The Kier molecular flexibility index (Phi) is 7.88. The predicted octanol–water partition coefficient (Wildman–Crippen LogP) is 6.12. The molecule has 5 rings (SSSR count). The van der Waals surface area contributed by atoms with Crippen LogP contribution in [0, 0.1) is 0 Å². The van der Waals surface area contributed by atoms with E-state index in [1.54, 1.807) is 27.7 Å². The number of nitrogen functional groups attached to an aromatic ring is 1. The van der Waals surface area contributed by atoms with Crippen LogP contribution < -0.4 is 16.3 Å². The van der Waals surface area contributed by atoms with Crippen LogP contribution in [0.4, 0.5) is 11.5 Å². The van der Waals surface area contributed by atoms with E-state index in [9.17, 15) is 9.59 Å². The molecule has 1 aromatic heterocycles. The standard InChI is InChI=1S/C31H31Cl2N5O2/c1-4-8-20-9-6-7-10-27(20)38-28-17-23(22-15-21(34)11-12-25(22)32)26(33)16-24(28)30(35-31(38)40)37-14-13-36(18-19(37)3)29(39)5-2/h5-7,9-12,15-17,19H,2,4,8,13-14,18,34H2,1,3H3/t19-/m0/s1. The summed E-state index contributed by atoms with van der Waals surface area (Å²) in [5.74, 6) is 0.425. The SMILES string of the molecule is C=CC(=O)N1CCN(c2nc(=O)n(-c3ccccc3CCC)c3cc(-c4cc(N)ccc4Cl)c(Cl)cc23)[C@@H](C)C1. The van der Waals surface area contributed by atoms with E-state index in [1.165, 1.54) is 6.08 Å². The van der Waals surface area contributed by atoms with E-state index < -0.39 is 5.69 Å². The Morgan fingerprint density at radius 2 is 1.85 bits per heavy atom. The summed E-state index contributed by atoms with van der Waals surface area (Å²) >= 11 is 13.5. The zero-order chi connectivity index (χ0) is 28.6. The highest BCUT2D eigenvalue weighted by atomic mass is 35.5. The van der Waals surface area contributed by atoms with E-state index >= 15 is 0 Å². The number of benzene rings is 3. The molecular weight excluding hydrogens is 545 g/mol. The van der Waals surface area contributed by atoms with Crippen LogP contribution in [0.3, 0.4) is 0 Å². The van der Waals surface area contributed by atoms with Crippen molar-refractivity contribution < 1.29 is 4.79 Å². The van der Waals surface area contributed by atoms with Crippen molar-refractivity contribution in [1.82, 2.24) is 14.5 Å². The molecule has 206 valence electrons. The van der Waals surface area contributed by atoms with Gasteiger partial charge in [-0.3, -0.25) is 9.36 Å². The second-order valence-corrected chi connectivity index (χ2v) is 10.9. The number of hydrogen-bond donors (Lipinski definition) is 1. The molecule has 40 heavy (non-hydrogen) atoms. The normalized spacial score (nSPS) is 15.4. The van der Waals surface area contributed by atoms with E-state index in [0.717, 1.165) is 29.5 Å². The highest BCUT2D eigenvalue weighted by Gasteiger charge is 2.29. The number of para-hydroxylation sites is 1. The van der Waals surface area contributed by atoms with Crippen LogP contribution in [0.15, 0.2) is 72.0 Å². The summed E-state index contributed by atoms with van der Waals surface area (Å²) in [7, 11) is 0. The third-order valence-corrected chi connectivity index (χ3v) is 8.02. The molecule has 1 aliphatic heterocycles. The Bertz CT molecular complexity index is 1680. The molecule has 4 aromatic rings. The maximum Gasteiger partial charge on any atom is 0.354 e. The summed E-state index contributed by atoms with van der Waals surface area (Å²) in [5.41, 5.74) is 10.1. The summed E-state index contributed by atoms with van der Waals surface area (Å²) in [6, 6.07) is 16.8. The zero-order valence-corrected chi connectivity index (χ0v) is 24.0. The predicted molar refractivity (Wildman–Crippen MR) is 165 cm³/mol. The lowest BCUT2D eigenvalue weighted by molar-refractivity contribution is -0.126. The van der Waals surface area contributed by atoms with Gasteiger partial charge in [0.15, 0.2) is 0 Å². The lowest BCUT2D eigenvalue weighted by Gasteiger charge is -2.40. The summed E-state index contributed by atoms with van der Waals surface area (Å²) in [6.07, 6.45) is 3.06. The lowest BCUT2D eigenvalue weighted by Crippen LogP contribution is -2.54. The Labute approximate surface area is 243 Å². The summed E-state index contributed by atoms with van der Waals surface area (Å²) < 4.78 is 1.66. The Balaban J connectivity index is 1.78. The first kappa shape index (κ1) is 27.7. The fraction of sp³-hybridized carbons (Fsp3) is 0.258. The van der Waals surface area contributed by atoms with Gasteiger partial charge >= 0.3 is 5.69 Å². The van der Waals surface area contributed by atoms with Gasteiger partial charge in [0, 0.05) is 57.9 Å². The van der Waals surface area contributed by atoms with Crippen molar-refractivity contribution in [3.8, 4) is 16.8 Å². The largest absolute Gasteiger partial charge is 0.399 e. The van der Waals surface area contributed by atoms with Crippen molar-refractivity contribution in [3.63, 3.8) is 0 Å². The molecule has 1 saturated heterocycles. The molecule has 2 heterocycles. The highest BCUT2D eigenvalue weighted by molar-refractivity contribution is 6.37. The number of aromatic nitrogens is 2. The fourth-order valence-corrected chi connectivity index (χ4v) is 5.93. The van der Waals surface area contributed by atoms with E-state index in [2.05, 4.69) is 23.4 Å². The Morgan fingerprint density at radius 3 is 2.58 bits per heavy atom. The second kappa shape index (κ2) is 11.4. The highest BCUT2D eigenvalue weighted by Crippen LogP contribution is 2.39. The lowest BCUT2D eigenvalue weighted by atomic mass is 10.0. The number of halogens is 2. The molecule has 2 N–H and O–H groups in total. The van der Waals surface area contributed by atoms with Gasteiger partial charge in [-0.15, -0.1) is 0 Å². The number of aryl methyl sites for hydroxylation is 1. The number of rotatable bonds is 6. The van der Waals surface area contributed by atoms with Crippen LogP contribution >= 0.6 is 23.2 Å². The van der Waals surface area contributed by atoms with Gasteiger partial charge < -0.3 is 15.5 Å². The molecule has 0 bridgehead atoms. The molecule has 1 amide bonds. The molecule has 0 spiro atoms. The molecule has 0 unspecified atom stereocenters. The van der Waals surface area contributed by atoms with Crippen molar-refractivity contribution in [2.45, 2.75) is 32.7 Å². The van der Waals surface area contributed by atoms with Gasteiger partial charge in [-0.25, -0.2) is 4.79 Å². The van der Waals surface area contributed by atoms with Crippen molar-refractivity contribution in [2.24, 2.45) is 0 Å². The molecular formula is C31H31Cl2N5O2. The van der Waals surface area contributed by atoms with E-state index in [4.69, 9.17) is 28.9 Å². The quantitative estimate of drug-likeness (QED) is 0.221. The molecule has 7 nitrogen and oxygen atoms in total. The summed E-state index contributed by atoms with van der Waals surface area (Å²) in [4.78, 5) is 34.6. The molecule has 1 atom stereocenters. The first-order chi connectivity index (χ1) is 19.2. The molecule has 1 aliphatic rings. The smallest absolute Gasteiger partial charge is 0.354 e. The van der Waals surface area contributed by atoms with Crippen LogP contribution in [-0.4, -0.2) is 46.0 Å². The van der Waals surface area contributed by atoms with Gasteiger partial charge in [0.05, 0.1) is 11.2 Å². The summed E-state index contributed by atoms with van der Waals surface area (Å²) in [6.45, 7) is 9.22. The molecule has 0 aliphatic carbocycles. The number of carbonyl (C=O) groups excluding carboxylic acids is 1. The van der Waals surface area contributed by atoms with Gasteiger partial charge in [0.2, 0.25) is 5.91 Å². The monoisotopic (exact) mass is 575 g/mol. The number of fused-ring (bicyclic) bond motifs is 1.